The fourth-order valence-corrected chi connectivity index (χ4v) is 4.32. The summed E-state index contributed by atoms with van der Waals surface area (Å²) in [5.74, 6) is 1.39. The zero-order valence-corrected chi connectivity index (χ0v) is 20.8. The molecule has 1 N–H and O–H groups in total. The topological polar surface area (TPSA) is 81.4 Å². The van der Waals surface area contributed by atoms with Gasteiger partial charge in [-0.05, 0) is 48.9 Å². The lowest BCUT2D eigenvalue weighted by atomic mass is 10.2. The monoisotopic (exact) mass is 535 g/mol. The van der Waals surface area contributed by atoms with E-state index in [2.05, 4.69) is 36.7 Å². The number of nitrogens with one attached hydrogen (secondary N) is 1. The van der Waals surface area contributed by atoms with Gasteiger partial charge in [-0.3, -0.25) is 9.36 Å². The predicted octanol–water partition coefficient (Wildman–Crippen LogP) is 5.34. The van der Waals surface area contributed by atoms with Crippen molar-refractivity contribution in [2.24, 2.45) is 5.10 Å². The zero-order chi connectivity index (χ0) is 23.8. The van der Waals surface area contributed by atoms with Crippen LogP contribution in [-0.2, 0) is 4.79 Å². The number of hydrogen-bond acceptors (Lipinski definition) is 6. The Bertz CT molecular complexity index is 1280. The van der Waals surface area contributed by atoms with Crippen molar-refractivity contribution in [1.29, 1.82) is 0 Å². The first-order valence-electron chi connectivity index (χ1n) is 10.6. The van der Waals surface area contributed by atoms with Crippen LogP contribution in [0.3, 0.4) is 0 Å². The fraction of sp³-hybridized carbons (Fsp3) is 0.120. The number of amides is 1. The van der Waals surface area contributed by atoms with E-state index < -0.39 is 0 Å². The zero-order valence-electron chi connectivity index (χ0n) is 18.4. The Balaban J connectivity index is 1.51. The minimum Gasteiger partial charge on any atom is -0.494 e. The van der Waals surface area contributed by atoms with Crippen molar-refractivity contribution in [3.05, 3.63) is 88.9 Å². The highest BCUT2D eigenvalue weighted by atomic mass is 79.9. The summed E-state index contributed by atoms with van der Waals surface area (Å²) in [5, 5.41) is 13.4. The molecule has 1 aromatic heterocycles. The van der Waals surface area contributed by atoms with E-state index in [-0.39, 0.29) is 11.7 Å². The van der Waals surface area contributed by atoms with Gasteiger partial charge in [0.25, 0.3) is 5.91 Å². The number of benzene rings is 3. The third kappa shape index (κ3) is 6.12. The lowest BCUT2D eigenvalue weighted by molar-refractivity contribution is -0.118. The van der Waals surface area contributed by atoms with E-state index in [9.17, 15) is 4.79 Å². The summed E-state index contributed by atoms with van der Waals surface area (Å²) in [5.41, 5.74) is 5.25. The Morgan fingerprint density at radius 1 is 1.09 bits per heavy atom. The van der Waals surface area contributed by atoms with Crippen molar-refractivity contribution in [3.63, 3.8) is 0 Å². The molecule has 0 spiro atoms. The molecule has 7 nitrogen and oxygen atoms in total. The van der Waals surface area contributed by atoms with Crippen LogP contribution in [0.2, 0.25) is 0 Å². The summed E-state index contributed by atoms with van der Waals surface area (Å²) in [4.78, 5) is 12.4. The van der Waals surface area contributed by atoms with E-state index in [1.54, 1.807) is 6.21 Å². The molecule has 1 heterocycles. The summed E-state index contributed by atoms with van der Waals surface area (Å²) in [6, 6.07) is 25.2. The summed E-state index contributed by atoms with van der Waals surface area (Å²) in [6.07, 6.45) is 1.60. The molecule has 4 rings (SSSR count). The lowest BCUT2D eigenvalue weighted by Gasteiger charge is -2.11. The molecule has 172 valence electrons. The highest BCUT2D eigenvalue weighted by molar-refractivity contribution is 9.10. The molecular formula is C25H22BrN5O2S. The van der Waals surface area contributed by atoms with Crippen LogP contribution < -0.4 is 10.2 Å². The molecule has 34 heavy (non-hydrogen) atoms. The third-order valence-electron chi connectivity index (χ3n) is 4.66. The molecule has 0 saturated heterocycles. The number of ether oxygens (including phenoxy) is 1. The van der Waals surface area contributed by atoms with Crippen LogP contribution in [0.25, 0.3) is 17.1 Å². The molecule has 0 atom stereocenters. The minimum absolute atomic E-state index is 0.139. The maximum atomic E-state index is 12.4. The second kappa shape index (κ2) is 11.6. The average Bonchev–Trinajstić information content (AvgIpc) is 3.28. The molecule has 1 amide bonds. The number of nitrogens with zero attached hydrogens (tertiary/aromatic N) is 4. The molecule has 4 aromatic rings. The number of rotatable bonds is 9. The van der Waals surface area contributed by atoms with Gasteiger partial charge < -0.3 is 4.74 Å². The molecule has 0 fully saturated rings. The molecule has 0 aliphatic carbocycles. The first kappa shape index (κ1) is 23.7. The minimum atomic E-state index is -0.237. The maximum Gasteiger partial charge on any atom is 0.250 e. The fourth-order valence-electron chi connectivity index (χ4n) is 3.16. The highest BCUT2D eigenvalue weighted by Crippen LogP contribution is 2.28. The number of halogens is 1. The van der Waals surface area contributed by atoms with Gasteiger partial charge in [0.15, 0.2) is 11.0 Å². The first-order chi connectivity index (χ1) is 16.6. The summed E-state index contributed by atoms with van der Waals surface area (Å²) in [6.45, 7) is 2.55. The molecule has 9 heteroatoms. The molecule has 0 aliphatic heterocycles. The van der Waals surface area contributed by atoms with Gasteiger partial charge in [0.1, 0.15) is 5.75 Å². The van der Waals surface area contributed by atoms with Crippen molar-refractivity contribution in [1.82, 2.24) is 20.2 Å². The standard InChI is InChI=1S/C25H22BrN5O2S/c1-2-33-22-13-11-21(12-14-22)31-24(19-8-4-3-5-9-19)29-30-25(31)34-17-23(32)28-27-16-18-7-6-10-20(26)15-18/h3-16H,2,17H2,1H3,(H,28,32)/b27-16+. The Morgan fingerprint density at radius 3 is 2.62 bits per heavy atom. The van der Waals surface area contributed by atoms with Crippen LogP contribution >= 0.6 is 27.7 Å². The van der Waals surface area contributed by atoms with Crippen LogP contribution in [0.5, 0.6) is 5.75 Å². The molecule has 0 bridgehead atoms. The van der Waals surface area contributed by atoms with E-state index in [0.29, 0.717) is 17.6 Å². The number of carbonyl (C=O) groups excluding carboxylic acids is 1. The lowest BCUT2D eigenvalue weighted by Crippen LogP contribution is -2.20. The predicted molar refractivity (Wildman–Crippen MR) is 139 cm³/mol. The van der Waals surface area contributed by atoms with E-state index in [4.69, 9.17) is 4.74 Å². The summed E-state index contributed by atoms with van der Waals surface area (Å²) < 4.78 is 8.45. The SMILES string of the molecule is CCOc1ccc(-n2c(SCC(=O)N/N=C/c3cccc(Br)c3)nnc2-c2ccccc2)cc1. The molecule has 0 saturated carbocycles. The van der Waals surface area contributed by atoms with Gasteiger partial charge in [0.05, 0.1) is 18.6 Å². The van der Waals surface area contributed by atoms with E-state index in [1.165, 1.54) is 11.8 Å². The summed E-state index contributed by atoms with van der Waals surface area (Å²) >= 11 is 4.71. The smallest absolute Gasteiger partial charge is 0.250 e. The third-order valence-corrected chi connectivity index (χ3v) is 6.08. The van der Waals surface area contributed by atoms with Gasteiger partial charge in [-0.1, -0.05) is 70.2 Å². The van der Waals surface area contributed by atoms with Gasteiger partial charge >= 0.3 is 0 Å². The molecule has 0 radical (unpaired) electrons. The quantitative estimate of drug-likeness (QED) is 0.178. The van der Waals surface area contributed by atoms with Crippen molar-refractivity contribution in [3.8, 4) is 22.8 Å². The van der Waals surface area contributed by atoms with Crippen LogP contribution in [0.15, 0.2) is 93.6 Å². The van der Waals surface area contributed by atoms with E-state index >= 15 is 0 Å². The molecule has 0 unspecified atom stereocenters. The van der Waals surface area contributed by atoms with Crippen LogP contribution in [0, 0.1) is 0 Å². The van der Waals surface area contributed by atoms with Gasteiger partial charge in [-0.15, -0.1) is 10.2 Å². The van der Waals surface area contributed by atoms with Gasteiger partial charge in [0.2, 0.25) is 0 Å². The van der Waals surface area contributed by atoms with Crippen LogP contribution in [0.4, 0.5) is 0 Å². The Kier molecular flexibility index (Phi) is 8.11. The average molecular weight is 536 g/mol. The van der Waals surface area contributed by atoms with Crippen LogP contribution in [-0.4, -0.2) is 39.2 Å². The number of aromatic nitrogens is 3. The van der Waals surface area contributed by atoms with Gasteiger partial charge in [-0.2, -0.15) is 5.10 Å². The maximum absolute atomic E-state index is 12.4. The van der Waals surface area contributed by atoms with Crippen molar-refractivity contribution >= 4 is 39.8 Å². The van der Waals surface area contributed by atoms with Gasteiger partial charge in [-0.25, -0.2) is 5.43 Å². The number of hydrazone groups is 1. The second-order valence-electron chi connectivity index (χ2n) is 7.07. The molecule has 0 aliphatic rings. The summed E-state index contributed by atoms with van der Waals surface area (Å²) in [7, 11) is 0. The molecular weight excluding hydrogens is 514 g/mol. The Hall–Kier alpha value is -3.43. The normalized spacial score (nSPS) is 11.0. The van der Waals surface area contributed by atoms with Crippen molar-refractivity contribution in [2.75, 3.05) is 12.4 Å². The number of thioether (sulfide) groups is 1. The molecule has 3 aromatic carbocycles. The second-order valence-corrected chi connectivity index (χ2v) is 8.93. The number of hydrogen-bond donors (Lipinski definition) is 1. The first-order valence-corrected chi connectivity index (χ1v) is 12.4. The number of carbonyl (C=O) groups is 1. The van der Waals surface area contributed by atoms with Crippen molar-refractivity contribution < 1.29 is 9.53 Å². The van der Waals surface area contributed by atoms with E-state index in [0.717, 1.165) is 27.0 Å². The Morgan fingerprint density at radius 2 is 1.88 bits per heavy atom. The largest absolute Gasteiger partial charge is 0.494 e. The van der Waals surface area contributed by atoms with Crippen LogP contribution in [0.1, 0.15) is 12.5 Å². The van der Waals surface area contributed by atoms with Gasteiger partial charge in [0, 0.05) is 15.7 Å². The highest BCUT2D eigenvalue weighted by Gasteiger charge is 2.17. The van der Waals surface area contributed by atoms with Crippen molar-refractivity contribution in [2.45, 2.75) is 12.1 Å². The van der Waals surface area contributed by atoms with E-state index in [1.807, 2.05) is 90.4 Å². The Labute approximate surface area is 210 Å².